The van der Waals surface area contributed by atoms with Gasteiger partial charge >= 0.3 is 5.97 Å². The maximum absolute atomic E-state index is 12.4. The molecule has 25 heavy (non-hydrogen) atoms. The summed E-state index contributed by atoms with van der Waals surface area (Å²) in [5.74, 6) is -0.715. The fraction of sp³-hybridized carbons (Fsp3) is 0.111. The van der Waals surface area contributed by atoms with Gasteiger partial charge in [0.15, 0.2) is 0 Å². The molecule has 3 aromatic rings. The number of benzene rings is 1. The van der Waals surface area contributed by atoms with Crippen LogP contribution in [-0.2, 0) is 4.74 Å². The second-order valence-corrected chi connectivity index (χ2v) is 5.09. The Kier molecular flexibility index (Phi) is 4.84. The molecular weight excluding hydrogens is 320 g/mol. The van der Waals surface area contributed by atoms with Crippen molar-refractivity contribution in [2.24, 2.45) is 0 Å². The summed E-state index contributed by atoms with van der Waals surface area (Å²) in [4.78, 5) is 32.4. The van der Waals surface area contributed by atoms with Gasteiger partial charge in [-0.3, -0.25) is 4.79 Å². The second-order valence-electron chi connectivity index (χ2n) is 5.09. The number of imidazole rings is 1. The highest BCUT2D eigenvalue weighted by molar-refractivity contribution is 6.07. The summed E-state index contributed by atoms with van der Waals surface area (Å²) in [6.45, 7) is 1.96. The van der Waals surface area contributed by atoms with Crippen LogP contribution in [0.2, 0.25) is 0 Å². The first-order valence-corrected chi connectivity index (χ1v) is 7.71. The number of anilines is 1. The van der Waals surface area contributed by atoms with Crippen molar-refractivity contribution >= 4 is 17.7 Å². The van der Waals surface area contributed by atoms with E-state index in [1.54, 1.807) is 55.8 Å². The van der Waals surface area contributed by atoms with Gasteiger partial charge in [-0.1, -0.05) is 0 Å². The molecule has 0 spiro atoms. The van der Waals surface area contributed by atoms with Gasteiger partial charge in [0.2, 0.25) is 0 Å². The lowest BCUT2D eigenvalue weighted by Gasteiger charge is -2.09. The number of hydrogen-bond acceptors (Lipinski definition) is 5. The normalized spacial score (nSPS) is 10.3. The van der Waals surface area contributed by atoms with Gasteiger partial charge in [0, 0.05) is 29.8 Å². The molecule has 0 radical (unpaired) electrons. The van der Waals surface area contributed by atoms with E-state index in [0.717, 1.165) is 5.69 Å². The van der Waals surface area contributed by atoms with E-state index in [1.165, 1.54) is 6.20 Å². The molecule has 3 rings (SSSR count). The maximum atomic E-state index is 12.4. The van der Waals surface area contributed by atoms with E-state index < -0.39 is 5.97 Å². The van der Waals surface area contributed by atoms with Crippen molar-refractivity contribution in [3.8, 4) is 5.69 Å². The zero-order chi connectivity index (χ0) is 17.6. The van der Waals surface area contributed by atoms with Crippen molar-refractivity contribution in [3.05, 3.63) is 72.4 Å². The van der Waals surface area contributed by atoms with Crippen LogP contribution in [0.15, 0.2) is 61.3 Å². The van der Waals surface area contributed by atoms with E-state index in [1.807, 2.05) is 10.8 Å². The Balaban J connectivity index is 1.78. The lowest BCUT2D eigenvalue weighted by Crippen LogP contribution is -2.17. The molecule has 126 valence electrons. The Morgan fingerprint density at radius 1 is 1.16 bits per heavy atom. The van der Waals surface area contributed by atoms with Crippen LogP contribution >= 0.6 is 0 Å². The fourth-order valence-electron chi connectivity index (χ4n) is 2.25. The summed E-state index contributed by atoms with van der Waals surface area (Å²) < 4.78 is 6.81. The number of hydrogen-bond donors (Lipinski definition) is 1. The van der Waals surface area contributed by atoms with E-state index in [0.29, 0.717) is 5.56 Å². The SMILES string of the molecule is CCOC(=O)c1cccnc1NC(=O)c1ccc(-n2ccnc2)cc1. The molecule has 0 aliphatic heterocycles. The fourth-order valence-corrected chi connectivity index (χ4v) is 2.25. The number of esters is 1. The van der Waals surface area contributed by atoms with Gasteiger partial charge in [0.25, 0.3) is 5.91 Å². The van der Waals surface area contributed by atoms with Crippen LogP contribution in [0, 0.1) is 0 Å². The number of aromatic nitrogens is 3. The molecule has 0 bridgehead atoms. The predicted molar refractivity (Wildman–Crippen MR) is 91.7 cm³/mol. The molecule has 0 aliphatic rings. The van der Waals surface area contributed by atoms with E-state index in [-0.39, 0.29) is 23.9 Å². The largest absolute Gasteiger partial charge is 0.462 e. The molecule has 7 heteroatoms. The number of carbonyl (C=O) groups is 2. The topological polar surface area (TPSA) is 86.1 Å². The molecule has 2 aromatic heterocycles. The molecule has 0 saturated heterocycles. The summed E-state index contributed by atoms with van der Waals surface area (Å²) >= 11 is 0. The van der Waals surface area contributed by atoms with Crippen molar-refractivity contribution in [1.29, 1.82) is 0 Å². The van der Waals surface area contributed by atoms with E-state index in [4.69, 9.17) is 4.74 Å². The number of amides is 1. The molecule has 1 N–H and O–H groups in total. The van der Waals surface area contributed by atoms with E-state index >= 15 is 0 Å². The van der Waals surface area contributed by atoms with Gasteiger partial charge in [-0.15, -0.1) is 0 Å². The van der Waals surface area contributed by atoms with Gasteiger partial charge in [-0.25, -0.2) is 14.8 Å². The van der Waals surface area contributed by atoms with Crippen LogP contribution < -0.4 is 5.32 Å². The minimum absolute atomic E-state index is 0.171. The van der Waals surface area contributed by atoms with Crippen molar-refractivity contribution < 1.29 is 14.3 Å². The molecule has 7 nitrogen and oxygen atoms in total. The van der Waals surface area contributed by atoms with Crippen LogP contribution in [0.25, 0.3) is 5.69 Å². The average molecular weight is 336 g/mol. The molecule has 0 saturated carbocycles. The van der Waals surface area contributed by atoms with Crippen LogP contribution in [-0.4, -0.2) is 33.0 Å². The van der Waals surface area contributed by atoms with Crippen molar-refractivity contribution in [3.63, 3.8) is 0 Å². The molecule has 1 amide bonds. The molecule has 1 aromatic carbocycles. The van der Waals surface area contributed by atoms with Gasteiger partial charge in [0.1, 0.15) is 11.4 Å². The summed E-state index contributed by atoms with van der Waals surface area (Å²) in [5.41, 5.74) is 1.55. The summed E-state index contributed by atoms with van der Waals surface area (Å²) in [6, 6.07) is 10.2. The summed E-state index contributed by atoms with van der Waals surface area (Å²) in [6.07, 6.45) is 6.67. The number of ether oxygens (including phenoxy) is 1. The average Bonchev–Trinajstić information content (AvgIpc) is 3.17. The minimum Gasteiger partial charge on any atom is -0.462 e. The Morgan fingerprint density at radius 3 is 2.64 bits per heavy atom. The molecule has 0 aliphatic carbocycles. The maximum Gasteiger partial charge on any atom is 0.341 e. The molecule has 0 unspecified atom stereocenters. The van der Waals surface area contributed by atoms with Crippen LogP contribution in [0.4, 0.5) is 5.82 Å². The molecule has 0 fully saturated rings. The predicted octanol–water partition coefficient (Wildman–Crippen LogP) is 2.70. The third kappa shape index (κ3) is 3.72. The Hall–Kier alpha value is -3.48. The van der Waals surface area contributed by atoms with E-state index in [2.05, 4.69) is 15.3 Å². The number of nitrogens with one attached hydrogen (secondary N) is 1. The molecule has 0 atom stereocenters. The monoisotopic (exact) mass is 336 g/mol. The standard InChI is InChI=1S/C18H16N4O3/c1-2-25-18(24)15-4-3-9-20-16(15)21-17(23)13-5-7-14(8-6-13)22-11-10-19-12-22/h3-12H,2H2,1H3,(H,20,21,23). The first kappa shape index (κ1) is 16.4. The van der Waals surface area contributed by atoms with Crippen LogP contribution in [0.1, 0.15) is 27.6 Å². The third-order valence-corrected chi connectivity index (χ3v) is 3.47. The Morgan fingerprint density at radius 2 is 1.96 bits per heavy atom. The zero-order valence-electron chi connectivity index (χ0n) is 13.5. The van der Waals surface area contributed by atoms with Crippen LogP contribution in [0.3, 0.4) is 0 Å². The highest BCUT2D eigenvalue weighted by Crippen LogP contribution is 2.15. The van der Waals surface area contributed by atoms with E-state index in [9.17, 15) is 9.59 Å². The van der Waals surface area contributed by atoms with Crippen molar-refractivity contribution in [2.45, 2.75) is 6.92 Å². The van der Waals surface area contributed by atoms with Crippen molar-refractivity contribution in [2.75, 3.05) is 11.9 Å². The Bertz CT molecular complexity index is 874. The number of pyridine rings is 1. The minimum atomic E-state index is -0.527. The number of nitrogens with zero attached hydrogens (tertiary/aromatic N) is 3. The molecule has 2 heterocycles. The van der Waals surface area contributed by atoms with Gasteiger partial charge in [-0.05, 0) is 43.3 Å². The quantitative estimate of drug-likeness (QED) is 0.724. The smallest absolute Gasteiger partial charge is 0.341 e. The first-order valence-electron chi connectivity index (χ1n) is 7.71. The summed E-state index contributed by atoms with van der Waals surface area (Å²) in [7, 11) is 0. The lowest BCUT2D eigenvalue weighted by atomic mass is 10.2. The van der Waals surface area contributed by atoms with Gasteiger partial charge in [0.05, 0.1) is 12.9 Å². The van der Waals surface area contributed by atoms with Gasteiger partial charge < -0.3 is 14.6 Å². The van der Waals surface area contributed by atoms with Crippen molar-refractivity contribution in [1.82, 2.24) is 14.5 Å². The van der Waals surface area contributed by atoms with Crippen LogP contribution in [0.5, 0.6) is 0 Å². The summed E-state index contributed by atoms with van der Waals surface area (Å²) in [5, 5.41) is 2.65. The zero-order valence-corrected chi connectivity index (χ0v) is 13.5. The molecular formula is C18H16N4O3. The number of rotatable bonds is 5. The highest BCUT2D eigenvalue weighted by Gasteiger charge is 2.16. The number of carbonyl (C=O) groups excluding carboxylic acids is 2. The van der Waals surface area contributed by atoms with Gasteiger partial charge in [-0.2, -0.15) is 0 Å². The third-order valence-electron chi connectivity index (χ3n) is 3.47. The lowest BCUT2D eigenvalue weighted by molar-refractivity contribution is 0.0527. The first-order chi connectivity index (χ1) is 12.2. The highest BCUT2D eigenvalue weighted by atomic mass is 16.5. The Labute approximate surface area is 144 Å². The second kappa shape index (κ2) is 7.39.